The minimum absolute atomic E-state index is 0.197. The monoisotopic (exact) mass is 440 g/mol. The van der Waals surface area contributed by atoms with E-state index in [1.807, 2.05) is 61.5 Å². The Morgan fingerprint density at radius 3 is 2.53 bits per heavy atom. The Bertz CT molecular complexity index is 996. The molecule has 1 saturated carbocycles. The quantitative estimate of drug-likeness (QED) is 0.376. The highest BCUT2D eigenvalue weighted by Gasteiger charge is 2.23. The van der Waals surface area contributed by atoms with Crippen molar-refractivity contribution < 1.29 is 9.53 Å². The van der Waals surface area contributed by atoms with Crippen LogP contribution in [0.2, 0.25) is 5.02 Å². The van der Waals surface area contributed by atoms with Gasteiger partial charge in [-0.05, 0) is 55.7 Å². The molecule has 1 heterocycles. The molecule has 0 N–H and O–H groups in total. The van der Waals surface area contributed by atoms with Gasteiger partial charge in [0.05, 0.1) is 16.3 Å². The first-order chi connectivity index (χ1) is 14.6. The molecule has 0 saturated heterocycles. The summed E-state index contributed by atoms with van der Waals surface area (Å²) in [4.78, 5) is 14.6. The highest BCUT2D eigenvalue weighted by Crippen LogP contribution is 2.39. The topological polar surface area (TPSA) is 44.1 Å². The summed E-state index contributed by atoms with van der Waals surface area (Å²) in [5.41, 5.74) is 1.68. The number of nitrogens with zero attached hydrogens (tertiary/aromatic N) is 2. The number of halogens is 1. The smallest absolute Gasteiger partial charge is 0.312 e. The molecule has 2 aromatic carbocycles. The summed E-state index contributed by atoms with van der Waals surface area (Å²) >= 11 is 7.55. The zero-order valence-electron chi connectivity index (χ0n) is 17.0. The first kappa shape index (κ1) is 21.0. The standard InChI is InChI=1S/C24H25ClN2O2S/c1-17-23(30-21-14-12-19(25)13-15-21)24(27(26-17)20-9-3-2-4-10-20)29-22(28)16-11-18-7-5-6-8-18/h2-4,9-10,12-15,18H,5-8,11,16H2,1H3. The molecule has 1 aliphatic rings. The zero-order chi connectivity index (χ0) is 20.9. The molecule has 0 aliphatic heterocycles. The van der Waals surface area contributed by atoms with E-state index in [9.17, 15) is 4.79 Å². The summed E-state index contributed by atoms with van der Waals surface area (Å²) < 4.78 is 7.65. The maximum atomic E-state index is 12.7. The fraction of sp³-hybridized carbons (Fsp3) is 0.333. The SMILES string of the molecule is Cc1nn(-c2ccccc2)c(OC(=O)CCC2CCCC2)c1Sc1ccc(Cl)cc1. The van der Waals surface area contributed by atoms with Crippen LogP contribution in [-0.2, 0) is 4.79 Å². The van der Waals surface area contributed by atoms with Crippen molar-refractivity contribution in [2.45, 2.75) is 55.2 Å². The van der Waals surface area contributed by atoms with E-state index in [1.54, 1.807) is 4.68 Å². The van der Waals surface area contributed by atoms with Crippen LogP contribution in [0.4, 0.5) is 0 Å². The summed E-state index contributed by atoms with van der Waals surface area (Å²) in [7, 11) is 0. The third-order valence-corrected chi connectivity index (χ3v) is 6.88. The van der Waals surface area contributed by atoms with Crippen LogP contribution in [0.5, 0.6) is 5.88 Å². The highest BCUT2D eigenvalue weighted by molar-refractivity contribution is 7.99. The van der Waals surface area contributed by atoms with E-state index >= 15 is 0 Å². The molecule has 6 heteroatoms. The average molecular weight is 441 g/mol. The zero-order valence-corrected chi connectivity index (χ0v) is 18.6. The predicted molar refractivity (Wildman–Crippen MR) is 121 cm³/mol. The van der Waals surface area contributed by atoms with E-state index in [0.29, 0.717) is 23.2 Å². The Kier molecular flexibility index (Phi) is 6.80. The second-order valence-corrected chi connectivity index (χ2v) is 9.21. The first-order valence-corrected chi connectivity index (χ1v) is 11.6. The Labute approximate surface area is 186 Å². The molecule has 3 aromatic rings. The third-order valence-electron chi connectivity index (χ3n) is 5.44. The second-order valence-electron chi connectivity index (χ2n) is 7.69. The number of hydrogen-bond donors (Lipinski definition) is 0. The molecular weight excluding hydrogens is 416 g/mol. The van der Waals surface area contributed by atoms with Crippen molar-refractivity contribution in [3.63, 3.8) is 0 Å². The van der Waals surface area contributed by atoms with Crippen molar-refractivity contribution in [3.05, 3.63) is 65.3 Å². The Hall–Kier alpha value is -2.24. The molecule has 156 valence electrons. The lowest BCUT2D eigenvalue weighted by Crippen LogP contribution is -2.13. The number of esters is 1. The van der Waals surface area contributed by atoms with Crippen molar-refractivity contribution in [1.29, 1.82) is 0 Å². The number of aryl methyl sites for hydroxylation is 1. The van der Waals surface area contributed by atoms with Gasteiger partial charge in [-0.2, -0.15) is 9.78 Å². The van der Waals surface area contributed by atoms with Gasteiger partial charge in [-0.1, -0.05) is 67.2 Å². The Morgan fingerprint density at radius 2 is 1.83 bits per heavy atom. The number of rotatable bonds is 7. The number of benzene rings is 2. The van der Waals surface area contributed by atoms with Gasteiger partial charge in [0.25, 0.3) is 0 Å². The van der Waals surface area contributed by atoms with E-state index in [-0.39, 0.29) is 5.97 Å². The maximum Gasteiger partial charge on any atom is 0.312 e. The molecule has 1 fully saturated rings. The molecule has 4 nitrogen and oxygen atoms in total. The minimum atomic E-state index is -0.197. The summed E-state index contributed by atoms with van der Waals surface area (Å²) in [5, 5.41) is 5.37. The molecule has 0 radical (unpaired) electrons. The molecule has 0 spiro atoms. The van der Waals surface area contributed by atoms with Crippen LogP contribution in [0.25, 0.3) is 5.69 Å². The number of hydrogen-bond acceptors (Lipinski definition) is 4. The van der Waals surface area contributed by atoms with E-state index in [0.717, 1.165) is 27.6 Å². The van der Waals surface area contributed by atoms with Gasteiger partial charge >= 0.3 is 5.97 Å². The molecule has 0 atom stereocenters. The molecule has 30 heavy (non-hydrogen) atoms. The van der Waals surface area contributed by atoms with Crippen LogP contribution in [-0.4, -0.2) is 15.7 Å². The largest absolute Gasteiger partial charge is 0.406 e. The van der Waals surface area contributed by atoms with Crippen molar-refractivity contribution in [2.75, 3.05) is 0 Å². The number of carbonyl (C=O) groups is 1. The van der Waals surface area contributed by atoms with Crippen molar-refractivity contribution in [2.24, 2.45) is 5.92 Å². The van der Waals surface area contributed by atoms with Gasteiger partial charge < -0.3 is 4.74 Å². The van der Waals surface area contributed by atoms with Crippen LogP contribution in [0, 0.1) is 12.8 Å². The fourth-order valence-corrected chi connectivity index (χ4v) is 4.88. The summed E-state index contributed by atoms with van der Waals surface area (Å²) in [5.74, 6) is 0.938. The Morgan fingerprint density at radius 1 is 1.13 bits per heavy atom. The van der Waals surface area contributed by atoms with Gasteiger partial charge in [-0.3, -0.25) is 4.79 Å². The molecule has 0 unspecified atom stereocenters. The average Bonchev–Trinajstić information content (AvgIpc) is 3.38. The molecule has 4 rings (SSSR count). The second kappa shape index (κ2) is 9.71. The molecule has 0 amide bonds. The first-order valence-electron chi connectivity index (χ1n) is 10.4. The molecule has 1 aliphatic carbocycles. The number of aromatic nitrogens is 2. The van der Waals surface area contributed by atoms with Gasteiger partial charge in [-0.15, -0.1) is 0 Å². The summed E-state index contributed by atoms with van der Waals surface area (Å²) in [6.45, 7) is 1.94. The van der Waals surface area contributed by atoms with E-state index < -0.39 is 0 Å². The molecule has 0 bridgehead atoms. The lowest BCUT2D eigenvalue weighted by atomic mass is 10.0. The number of para-hydroxylation sites is 1. The van der Waals surface area contributed by atoms with Crippen LogP contribution in [0.1, 0.15) is 44.2 Å². The molecule has 1 aromatic heterocycles. The summed E-state index contributed by atoms with van der Waals surface area (Å²) in [6.07, 6.45) is 6.35. The normalized spacial score (nSPS) is 14.2. The Balaban J connectivity index is 1.60. The van der Waals surface area contributed by atoms with Crippen LogP contribution >= 0.6 is 23.4 Å². The van der Waals surface area contributed by atoms with E-state index in [2.05, 4.69) is 5.10 Å². The van der Waals surface area contributed by atoms with Gasteiger partial charge in [0.1, 0.15) is 0 Å². The predicted octanol–water partition coefficient (Wildman–Crippen LogP) is 6.86. The van der Waals surface area contributed by atoms with Gasteiger partial charge in [0.15, 0.2) is 0 Å². The number of ether oxygens (including phenoxy) is 1. The number of carbonyl (C=O) groups excluding carboxylic acids is 1. The van der Waals surface area contributed by atoms with Crippen LogP contribution in [0.15, 0.2) is 64.4 Å². The third kappa shape index (κ3) is 5.08. The highest BCUT2D eigenvalue weighted by atomic mass is 35.5. The summed E-state index contributed by atoms with van der Waals surface area (Å²) in [6, 6.07) is 17.4. The van der Waals surface area contributed by atoms with Crippen molar-refractivity contribution >= 4 is 29.3 Å². The van der Waals surface area contributed by atoms with Gasteiger partial charge in [-0.25, -0.2) is 0 Å². The maximum absolute atomic E-state index is 12.7. The van der Waals surface area contributed by atoms with Crippen LogP contribution in [0.3, 0.4) is 0 Å². The van der Waals surface area contributed by atoms with Crippen molar-refractivity contribution in [3.8, 4) is 11.6 Å². The van der Waals surface area contributed by atoms with Gasteiger partial charge in [0, 0.05) is 16.3 Å². The van der Waals surface area contributed by atoms with Crippen LogP contribution < -0.4 is 4.74 Å². The molecular formula is C24H25ClN2O2S. The van der Waals surface area contributed by atoms with E-state index in [1.165, 1.54) is 37.4 Å². The van der Waals surface area contributed by atoms with Crippen molar-refractivity contribution in [1.82, 2.24) is 9.78 Å². The lowest BCUT2D eigenvalue weighted by molar-refractivity contribution is -0.135. The van der Waals surface area contributed by atoms with Gasteiger partial charge in [0.2, 0.25) is 5.88 Å². The minimum Gasteiger partial charge on any atom is -0.406 e. The lowest BCUT2D eigenvalue weighted by Gasteiger charge is -2.12. The van der Waals surface area contributed by atoms with E-state index in [4.69, 9.17) is 16.3 Å². The fourth-order valence-electron chi connectivity index (χ4n) is 3.84.